The van der Waals surface area contributed by atoms with Crippen LogP contribution in [0.1, 0.15) is 39.0 Å². The molecule has 2 aliphatic rings. The molecule has 1 N–H and O–H groups in total. The smallest absolute Gasteiger partial charge is 0.154 e. The summed E-state index contributed by atoms with van der Waals surface area (Å²) in [6.07, 6.45) is 4.82. The van der Waals surface area contributed by atoms with E-state index >= 15 is 0 Å². The molecule has 0 spiro atoms. The number of nitrogens with one attached hydrogen (secondary N) is 1. The first-order valence-electron chi connectivity index (χ1n) is 5.57. The van der Waals surface area contributed by atoms with Crippen LogP contribution in [0.2, 0.25) is 0 Å². The zero-order chi connectivity index (χ0) is 10.2. The highest BCUT2D eigenvalue weighted by molar-refractivity contribution is 7.92. The molecule has 0 saturated carbocycles. The fourth-order valence-electron chi connectivity index (χ4n) is 3.05. The summed E-state index contributed by atoms with van der Waals surface area (Å²) in [5.41, 5.74) is -0.0880. The third-order valence-electron chi connectivity index (χ3n) is 3.85. The number of hydrogen-bond acceptors (Lipinski definition) is 3. The van der Waals surface area contributed by atoms with Crippen molar-refractivity contribution in [2.75, 3.05) is 12.3 Å². The maximum atomic E-state index is 11.9. The van der Waals surface area contributed by atoms with Gasteiger partial charge in [0.05, 0.1) is 11.0 Å². The number of sulfone groups is 1. The lowest BCUT2D eigenvalue weighted by Gasteiger charge is -2.33. The van der Waals surface area contributed by atoms with Crippen LogP contribution in [0, 0.1) is 0 Å². The lowest BCUT2D eigenvalue weighted by atomic mass is 9.88. The Labute approximate surface area is 86.2 Å². The summed E-state index contributed by atoms with van der Waals surface area (Å²) in [5.74, 6) is 0.404. The third kappa shape index (κ3) is 1.48. The van der Waals surface area contributed by atoms with E-state index in [1.807, 2.05) is 0 Å². The largest absolute Gasteiger partial charge is 0.310 e. The minimum atomic E-state index is -2.80. The second-order valence-electron chi connectivity index (χ2n) is 4.54. The summed E-state index contributed by atoms with van der Waals surface area (Å²) in [6, 6.07) is 0. The minimum absolute atomic E-state index is 0.0880. The van der Waals surface area contributed by atoms with Crippen molar-refractivity contribution in [3.63, 3.8) is 0 Å². The van der Waals surface area contributed by atoms with E-state index in [0.717, 1.165) is 38.6 Å². The molecule has 0 radical (unpaired) electrons. The van der Waals surface area contributed by atoms with Gasteiger partial charge in [-0.3, -0.25) is 0 Å². The van der Waals surface area contributed by atoms with E-state index in [-0.39, 0.29) is 10.8 Å². The van der Waals surface area contributed by atoms with E-state index in [9.17, 15) is 8.42 Å². The first-order chi connectivity index (χ1) is 6.61. The molecular formula is C10H19NO2S. The van der Waals surface area contributed by atoms with Crippen molar-refractivity contribution >= 4 is 9.84 Å². The van der Waals surface area contributed by atoms with Gasteiger partial charge in [-0.2, -0.15) is 0 Å². The standard InChI is InChI=1S/C10H19NO2S/c1-2-10(6-4-7-11-10)9-5-3-8-14(9,12)13/h9,11H,2-8H2,1H3. The molecule has 2 fully saturated rings. The van der Waals surface area contributed by atoms with Crippen LogP contribution >= 0.6 is 0 Å². The molecule has 0 amide bonds. The Morgan fingerprint density at radius 2 is 2.21 bits per heavy atom. The van der Waals surface area contributed by atoms with Crippen molar-refractivity contribution in [1.82, 2.24) is 5.32 Å². The number of rotatable bonds is 2. The SMILES string of the molecule is CCC1(C2CCCS2(=O)=O)CCCN1. The molecule has 2 saturated heterocycles. The predicted molar refractivity (Wildman–Crippen MR) is 57.1 cm³/mol. The summed E-state index contributed by atoms with van der Waals surface area (Å²) in [4.78, 5) is 0. The summed E-state index contributed by atoms with van der Waals surface area (Å²) >= 11 is 0. The van der Waals surface area contributed by atoms with Gasteiger partial charge in [-0.15, -0.1) is 0 Å². The van der Waals surface area contributed by atoms with Crippen LogP contribution in [0.4, 0.5) is 0 Å². The zero-order valence-corrected chi connectivity index (χ0v) is 9.57. The van der Waals surface area contributed by atoms with E-state index in [0.29, 0.717) is 5.75 Å². The molecule has 0 aliphatic carbocycles. The Morgan fingerprint density at radius 3 is 2.64 bits per heavy atom. The second-order valence-corrected chi connectivity index (χ2v) is 6.84. The molecular weight excluding hydrogens is 198 g/mol. The van der Waals surface area contributed by atoms with Crippen molar-refractivity contribution in [3.8, 4) is 0 Å². The lowest BCUT2D eigenvalue weighted by molar-refractivity contribution is 0.335. The van der Waals surface area contributed by atoms with Crippen LogP contribution in [0.25, 0.3) is 0 Å². The Kier molecular flexibility index (Phi) is 2.60. The van der Waals surface area contributed by atoms with Crippen LogP contribution in [0.5, 0.6) is 0 Å². The molecule has 2 heterocycles. The quantitative estimate of drug-likeness (QED) is 0.753. The highest BCUT2D eigenvalue weighted by atomic mass is 32.2. The molecule has 0 aromatic carbocycles. The van der Waals surface area contributed by atoms with Crippen LogP contribution in [0.3, 0.4) is 0 Å². The molecule has 2 unspecified atom stereocenters. The van der Waals surface area contributed by atoms with Crippen molar-refractivity contribution in [3.05, 3.63) is 0 Å². The number of hydrogen-bond donors (Lipinski definition) is 1. The topological polar surface area (TPSA) is 46.2 Å². The monoisotopic (exact) mass is 217 g/mol. The minimum Gasteiger partial charge on any atom is -0.310 e. The van der Waals surface area contributed by atoms with Crippen LogP contribution < -0.4 is 5.32 Å². The molecule has 82 valence electrons. The average molecular weight is 217 g/mol. The van der Waals surface area contributed by atoms with E-state index in [1.54, 1.807) is 0 Å². The van der Waals surface area contributed by atoms with Crippen LogP contribution in [0.15, 0.2) is 0 Å². The fraction of sp³-hybridized carbons (Fsp3) is 1.00. The van der Waals surface area contributed by atoms with Gasteiger partial charge in [-0.1, -0.05) is 6.92 Å². The predicted octanol–water partition coefficient (Wildman–Crippen LogP) is 1.10. The van der Waals surface area contributed by atoms with Gasteiger partial charge in [0.2, 0.25) is 0 Å². The third-order valence-corrected chi connectivity index (χ3v) is 6.26. The molecule has 14 heavy (non-hydrogen) atoms. The van der Waals surface area contributed by atoms with Crippen LogP contribution in [-0.4, -0.2) is 31.5 Å². The maximum Gasteiger partial charge on any atom is 0.154 e. The van der Waals surface area contributed by atoms with Gasteiger partial charge in [0, 0.05) is 5.54 Å². The van der Waals surface area contributed by atoms with Gasteiger partial charge in [0.15, 0.2) is 9.84 Å². The molecule has 0 aromatic rings. The maximum absolute atomic E-state index is 11.9. The van der Waals surface area contributed by atoms with Gasteiger partial charge in [0.1, 0.15) is 0 Å². The molecule has 4 heteroatoms. The summed E-state index contributed by atoms with van der Waals surface area (Å²) in [5, 5.41) is 3.33. The molecule has 2 atom stereocenters. The first kappa shape index (κ1) is 10.4. The van der Waals surface area contributed by atoms with E-state index < -0.39 is 9.84 Å². The van der Waals surface area contributed by atoms with Crippen molar-refractivity contribution in [2.45, 2.75) is 49.8 Å². The Morgan fingerprint density at radius 1 is 1.43 bits per heavy atom. The molecule has 0 aromatic heterocycles. The van der Waals surface area contributed by atoms with Crippen molar-refractivity contribution in [1.29, 1.82) is 0 Å². The van der Waals surface area contributed by atoms with Gasteiger partial charge >= 0.3 is 0 Å². The van der Waals surface area contributed by atoms with Gasteiger partial charge in [0.25, 0.3) is 0 Å². The van der Waals surface area contributed by atoms with Crippen molar-refractivity contribution < 1.29 is 8.42 Å². The highest BCUT2D eigenvalue weighted by Gasteiger charge is 2.48. The fourth-order valence-corrected chi connectivity index (χ4v) is 5.48. The molecule has 2 rings (SSSR count). The Bertz CT molecular complexity index is 304. The first-order valence-corrected chi connectivity index (χ1v) is 7.29. The molecule has 0 bridgehead atoms. The van der Waals surface area contributed by atoms with E-state index in [2.05, 4.69) is 12.2 Å². The lowest BCUT2D eigenvalue weighted by Crippen LogP contribution is -2.51. The zero-order valence-electron chi connectivity index (χ0n) is 8.75. The normalized spacial score (nSPS) is 41.6. The van der Waals surface area contributed by atoms with Crippen molar-refractivity contribution in [2.24, 2.45) is 0 Å². The highest BCUT2D eigenvalue weighted by Crippen LogP contribution is 2.37. The van der Waals surface area contributed by atoms with Gasteiger partial charge in [-0.05, 0) is 38.6 Å². The summed E-state index contributed by atoms with van der Waals surface area (Å²) in [6.45, 7) is 3.09. The van der Waals surface area contributed by atoms with E-state index in [4.69, 9.17) is 0 Å². The Balaban J connectivity index is 2.28. The van der Waals surface area contributed by atoms with Gasteiger partial charge < -0.3 is 5.32 Å². The van der Waals surface area contributed by atoms with Crippen LogP contribution in [-0.2, 0) is 9.84 Å². The van der Waals surface area contributed by atoms with E-state index in [1.165, 1.54) is 0 Å². The second kappa shape index (κ2) is 3.49. The van der Waals surface area contributed by atoms with Gasteiger partial charge in [-0.25, -0.2) is 8.42 Å². The molecule has 2 aliphatic heterocycles. The Hall–Kier alpha value is -0.0900. The average Bonchev–Trinajstić information content (AvgIpc) is 2.71. The summed E-state index contributed by atoms with van der Waals surface area (Å²) < 4.78 is 23.7. The molecule has 3 nitrogen and oxygen atoms in total. The summed E-state index contributed by atoms with van der Waals surface area (Å²) in [7, 11) is -2.80.